The number of halogens is 1. The molecule has 1 aromatic carbocycles. The highest BCUT2D eigenvalue weighted by molar-refractivity contribution is 7.98. The normalized spacial score (nSPS) is 10.5. The molecule has 0 fully saturated rings. The highest BCUT2D eigenvalue weighted by Gasteiger charge is 2.24. The minimum atomic E-state index is -1.22. The summed E-state index contributed by atoms with van der Waals surface area (Å²) in [6.07, 6.45) is 2.46. The lowest BCUT2D eigenvalue weighted by atomic mass is 10.1. The van der Waals surface area contributed by atoms with Crippen LogP contribution in [0.25, 0.3) is 0 Å². The number of hydrogen-bond donors (Lipinski definition) is 1. The average molecular weight is 454 g/mol. The number of nitrogens with zero attached hydrogens (tertiary/aromatic N) is 3. The van der Waals surface area contributed by atoms with Gasteiger partial charge in [-0.15, -0.1) is 0 Å². The van der Waals surface area contributed by atoms with Crippen LogP contribution in [0.2, 0.25) is 5.15 Å². The van der Waals surface area contributed by atoms with Crippen molar-refractivity contribution in [1.82, 2.24) is 9.97 Å². The quantitative estimate of drug-likeness (QED) is 0.235. The molecule has 0 amide bonds. The molecule has 30 heavy (non-hydrogen) atoms. The van der Waals surface area contributed by atoms with Crippen LogP contribution in [-0.2, 0) is 16.1 Å². The number of aromatic carboxylic acids is 1. The van der Waals surface area contributed by atoms with Crippen molar-refractivity contribution in [3.63, 3.8) is 0 Å². The Bertz CT molecular complexity index is 879. The maximum absolute atomic E-state index is 11.9. The summed E-state index contributed by atoms with van der Waals surface area (Å²) < 4.78 is 10.2. The number of ether oxygens (including phenoxy) is 2. The van der Waals surface area contributed by atoms with Gasteiger partial charge in [-0.05, 0) is 37.3 Å². The summed E-state index contributed by atoms with van der Waals surface area (Å²) in [6, 6.07) is 7.42. The van der Waals surface area contributed by atoms with E-state index in [9.17, 15) is 14.7 Å². The predicted octanol–water partition coefficient (Wildman–Crippen LogP) is 3.91. The van der Waals surface area contributed by atoms with Crippen LogP contribution < -0.4 is 9.64 Å². The van der Waals surface area contributed by atoms with Crippen molar-refractivity contribution in [3.05, 3.63) is 40.5 Å². The number of methoxy groups -OCH3 is 1. The Morgan fingerprint density at radius 2 is 1.93 bits per heavy atom. The molecule has 1 heterocycles. The minimum Gasteiger partial charge on any atom is -0.497 e. The van der Waals surface area contributed by atoms with E-state index >= 15 is 0 Å². The fraction of sp³-hybridized carbons (Fsp3) is 0.400. The molecule has 8 nitrogen and oxygen atoms in total. The number of aromatic nitrogens is 2. The number of carbonyl (C=O) groups excluding carboxylic acids is 1. The van der Waals surface area contributed by atoms with E-state index in [0.29, 0.717) is 37.0 Å². The largest absolute Gasteiger partial charge is 0.497 e. The van der Waals surface area contributed by atoms with E-state index in [1.165, 1.54) is 11.8 Å². The van der Waals surface area contributed by atoms with Gasteiger partial charge in [0.15, 0.2) is 5.16 Å². The molecule has 1 N–H and O–H groups in total. The topological polar surface area (TPSA) is 102 Å². The predicted molar refractivity (Wildman–Crippen MR) is 116 cm³/mol. The molecule has 0 aliphatic carbocycles. The number of carbonyl (C=O) groups is 2. The summed E-state index contributed by atoms with van der Waals surface area (Å²) in [5, 5.41) is 9.93. The molecule has 0 radical (unpaired) electrons. The van der Waals surface area contributed by atoms with E-state index in [-0.39, 0.29) is 28.9 Å². The van der Waals surface area contributed by atoms with Crippen molar-refractivity contribution in [2.24, 2.45) is 0 Å². The Morgan fingerprint density at radius 1 is 1.23 bits per heavy atom. The molecule has 0 unspecified atom stereocenters. The Hall–Kier alpha value is -2.52. The molecular formula is C20H24ClN3O5S. The standard InChI is InChI=1S/C20H24ClN3O5S/c1-4-29-15(25)6-5-11-24(12-13-7-9-14(28-2)10-8-13)18-16(19(26)27)17(21)22-20(23-18)30-3/h7-10H,4-6,11-12H2,1-3H3,(H,26,27). The summed E-state index contributed by atoms with van der Waals surface area (Å²) >= 11 is 7.42. The van der Waals surface area contributed by atoms with Crippen molar-refractivity contribution in [2.75, 3.05) is 31.4 Å². The maximum Gasteiger partial charge on any atom is 0.342 e. The van der Waals surface area contributed by atoms with Crippen LogP contribution >= 0.6 is 23.4 Å². The summed E-state index contributed by atoms with van der Waals surface area (Å²) in [6.45, 7) is 2.82. The van der Waals surface area contributed by atoms with Crippen LogP contribution in [0.5, 0.6) is 5.75 Å². The molecule has 162 valence electrons. The van der Waals surface area contributed by atoms with Gasteiger partial charge >= 0.3 is 11.9 Å². The molecule has 0 saturated carbocycles. The van der Waals surface area contributed by atoms with Crippen molar-refractivity contribution < 1.29 is 24.2 Å². The number of anilines is 1. The molecule has 0 spiro atoms. The van der Waals surface area contributed by atoms with Crippen LogP contribution in [0.15, 0.2) is 29.4 Å². The summed E-state index contributed by atoms with van der Waals surface area (Å²) in [5.74, 6) is -0.584. The number of rotatable bonds is 11. The van der Waals surface area contributed by atoms with Gasteiger partial charge in [0.1, 0.15) is 22.3 Å². The summed E-state index contributed by atoms with van der Waals surface area (Å²) in [4.78, 5) is 33.8. The number of carboxylic acid groups (broad SMARTS) is 1. The van der Waals surface area contributed by atoms with Gasteiger partial charge in [0.2, 0.25) is 0 Å². The first-order chi connectivity index (χ1) is 14.4. The van der Waals surface area contributed by atoms with Crippen molar-refractivity contribution in [1.29, 1.82) is 0 Å². The maximum atomic E-state index is 11.9. The number of thioether (sulfide) groups is 1. The van der Waals surface area contributed by atoms with Gasteiger partial charge in [0, 0.05) is 19.5 Å². The number of esters is 1. The second-order valence-electron chi connectivity index (χ2n) is 6.18. The van der Waals surface area contributed by atoms with Crippen LogP contribution in [0.3, 0.4) is 0 Å². The zero-order chi connectivity index (χ0) is 22.1. The first-order valence-electron chi connectivity index (χ1n) is 9.27. The number of hydrogen-bond acceptors (Lipinski definition) is 8. The minimum absolute atomic E-state index is 0.123. The Kier molecular flexibility index (Phi) is 9.19. The second-order valence-corrected chi connectivity index (χ2v) is 7.31. The van der Waals surface area contributed by atoms with Crippen LogP contribution in [0, 0.1) is 0 Å². The zero-order valence-electron chi connectivity index (χ0n) is 17.1. The molecule has 0 aliphatic heterocycles. The first kappa shape index (κ1) is 23.8. The lowest BCUT2D eigenvalue weighted by Gasteiger charge is -2.26. The van der Waals surface area contributed by atoms with Gasteiger partial charge in [-0.3, -0.25) is 4.79 Å². The Morgan fingerprint density at radius 3 is 2.50 bits per heavy atom. The Labute approximate surface area is 184 Å². The molecule has 0 saturated heterocycles. The molecule has 0 atom stereocenters. The van der Waals surface area contributed by atoms with E-state index in [2.05, 4.69) is 9.97 Å². The number of benzene rings is 1. The highest BCUT2D eigenvalue weighted by atomic mass is 35.5. The molecule has 10 heteroatoms. The highest BCUT2D eigenvalue weighted by Crippen LogP contribution is 2.29. The first-order valence-corrected chi connectivity index (χ1v) is 10.9. The van der Waals surface area contributed by atoms with E-state index in [1.54, 1.807) is 25.2 Å². The SMILES string of the molecule is CCOC(=O)CCCN(Cc1ccc(OC)cc1)c1nc(SC)nc(Cl)c1C(=O)O. The fourth-order valence-electron chi connectivity index (χ4n) is 2.77. The van der Waals surface area contributed by atoms with Crippen LogP contribution in [-0.4, -0.2) is 53.5 Å². The van der Waals surface area contributed by atoms with Crippen molar-refractivity contribution in [3.8, 4) is 5.75 Å². The van der Waals surface area contributed by atoms with Gasteiger partial charge in [0.25, 0.3) is 0 Å². The van der Waals surface area contributed by atoms with Gasteiger partial charge < -0.3 is 19.5 Å². The monoisotopic (exact) mass is 453 g/mol. The Balaban J connectivity index is 2.37. The zero-order valence-corrected chi connectivity index (χ0v) is 18.6. The summed E-state index contributed by atoms with van der Waals surface area (Å²) in [5.41, 5.74) is 0.753. The second kappa shape index (κ2) is 11.6. The van der Waals surface area contributed by atoms with Crippen LogP contribution in [0.4, 0.5) is 5.82 Å². The van der Waals surface area contributed by atoms with E-state index in [4.69, 9.17) is 21.1 Å². The molecule has 1 aromatic heterocycles. The third-order valence-corrected chi connectivity index (χ3v) is 4.99. The molecular weight excluding hydrogens is 430 g/mol. The molecule has 0 aliphatic rings. The van der Waals surface area contributed by atoms with Gasteiger partial charge in [-0.25, -0.2) is 14.8 Å². The summed E-state index contributed by atoms with van der Waals surface area (Å²) in [7, 11) is 1.59. The lowest BCUT2D eigenvalue weighted by molar-refractivity contribution is -0.143. The number of carboxylic acids is 1. The van der Waals surface area contributed by atoms with Crippen LogP contribution in [0.1, 0.15) is 35.7 Å². The third-order valence-electron chi connectivity index (χ3n) is 4.17. The fourth-order valence-corrected chi connectivity index (χ4v) is 3.42. The molecule has 2 aromatic rings. The van der Waals surface area contributed by atoms with E-state index < -0.39 is 5.97 Å². The van der Waals surface area contributed by atoms with E-state index in [0.717, 1.165) is 5.56 Å². The van der Waals surface area contributed by atoms with Gasteiger partial charge in [-0.2, -0.15) is 0 Å². The van der Waals surface area contributed by atoms with Gasteiger partial charge in [-0.1, -0.05) is 35.5 Å². The smallest absolute Gasteiger partial charge is 0.342 e. The average Bonchev–Trinajstić information content (AvgIpc) is 2.72. The van der Waals surface area contributed by atoms with E-state index in [1.807, 2.05) is 24.3 Å². The lowest BCUT2D eigenvalue weighted by Crippen LogP contribution is -2.28. The van der Waals surface area contributed by atoms with Gasteiger partial charge in [0.05, 0.1) is 13.7 Å². The molecule has 2 rings (SSSR count). The van der Waals surface area contributed by atoms with Crippen molar-refractivity contribution >= 4 is 41.1 Å². The molecule has 0 bridgehead atoms. The third kappa shape index (κ3) is 6.50. The van der Waals surface area contributed by atoms with Crippen molar-refractivity contribution in [2.45, 2.75) is 31.5 Å².